The van der Waals surface area contributed by atoms with Gasteiger partial charge in [0.1, 0.15) is 0 Å². The lowest BCUT2D eigenvalue weighted by molar-refractivity contribution is -0.117. The van der Waals surface area contributed by atoms with Crippen LogP contribution in [0.2, 0.25) is 0 Å². The van der Waals surface area contributed by atoms with Gasteiger partial charge in [-0.3, -0.25) is 10.1 Å². The summed E-state index contributed by atoms with van der Waals surface area (Å²) in [6.45, 7) is 4.56. The fraction of sp³-hybridized carbons (Fsp3) is 0.385. The monoisotopic (exact) mass is 246 g/mol. The van der Waals surface area contributed by atoms with Crippen LogP contribution in [0.1, 0.15) is 20.3 Å². The molecule has 2 rings (SSSR count). The van der Waals surface area contributed by atoms with Crippen LogP contribution in [0.15, 0.2) is 24.3 Å². The van der Waals surface area contributed by atoms with Crippen LogP contribution in [-0.2, 0) is 11.3 Å². The number of nitrogens with one attached hydrogen (secondary N) is 1. The Hall–Kier alpha value is -1.88. The van der Waals surface area contributed by atoms with Crippen molar-refractivity contribution < 1.29 is 4.79 Å². The van der Waals surface area contributed by atoms with Gasteiger partial charge in [-0.15, -0.1) is 0 Å². The Morgan fingerprint density at radius 3 is 2.89 bits per heavy atom. The number of fused-ring (bicyclic) bond motifs is 1. The van der Waals surface area contributed by atoms with E-state index in [0.29, 0.717) is 5.95 Å². The quantitative estimate of drug-likeness (QED) is 0.863. The number of carbonyl (C=O) groups excluding carboxylic acids is 1. The first-order chi connectivity index (χ1) is 8.63. The molecule has 1 amide bonds. The molecule has 0 aliphatic heterocycles. The zero-order valence-corrected chi connectivity index (χ0v) is 10.7. The molecule has 5 nitrogen and oxygen atoms in total. The Bertz CT molecular complexity index is 559. The standard InChI is InChI=1S/C13H18N4O/c1-3-8-17-11-7-5-4-6-10(11)15-13(17)16-12(18)9(2)14/h4-7,9H,3,8,14H2,1-2H3,(H,15,16,18)/t9-/m0/s1. The molecule has 0 saturated carbocycles. The minimum Gasteiger partial charge on any atom is -0.320 e. The van der Waals surface area contributed by atoms with Gasteiger partial charge in [0.15, 0.2) is 0 Å². The van der Waals surface area contributed by atoms with Gasteiger partial charge in [-0.1, -0.05) is 19.1 Å². The second-order valence-corrected chi connectivity index (χ2v) is 4.35. The Labute approximate surface area is 106 Å². The third kappa shape index (κ3) is 2.36. The van der Waals surface area contributed by atoms with Crippen molar-refractivity contribution in [2.24, 2.45) is 5.73 Å². The van der Waals surface area contributed by atoms with E-state index in [1.54, 1.807) is 6.92 Å². The Kier molecular flexibility index (Phi) is 3.62. The number of para-hydroxylation sites is 2. The summed E-state index contributed by atoms with van der Waals surface area (Å²) in [5.74, 6) is 0.350. The molecule has 1 heterocycles. The zero-order valence-electron chi connectivity index (χ0n) is 10.7. The molecular formula is C13H18N4O. The van der Waals surface area contributed by atoms with Gasteiger partial charge in [0.25, 0.3) is 0 Å². The largest absolute Gasteiger partial charge is 0.320 e. The van der Waals surface area contributed by atoms with Crippen LogP contribution in [0.4, 0.5) is 5.95 Å². The van der Waals surface area contributed by atoms with Crippen molar-refractivity contribution in [2.45, 2.75) is 32.9 Å². The molecule has 0 bridgehead atoms. The summed E-state index contributed by atoms with van der Waals surface area (Å²) in [6, 6.07) is 7.29. The summed E-state index contributed by atoms with van der Waals surface area (Å²) >= 11 is 0. The van der Waals surface area contributed by atoms with Gasteiger partial charge >= 0.3 is 0 Å². The highest BCUT2D eigenvalue weighted by molar-refractivity contribution is 5.94. The minimum atomic E-state index is -0.542. The molecule has 0 unspecified atom stereocenters. The molecule has 0 fully saturated rings. The number of rotatable bonds is 4. The molecule has 3 N–H and O–H groups in total. The summed E-state index contributed by atoms with van der Waals surface area (Å²) < 4.78 is 2.01. The van der Waals surface area contributed by atoms with E-state index in [1.165, 1.54) is 0 Å². The summed E-state index contributed by atoms with van der Waals surface area (Å²) in [7, 11) is 0. The van der Waals surface area contributed by atoms with Crippen molar-refractivity contribution >= 4 is 22.9 Å². The van der Waals surface area contributed by atoms with Crippen LogP contribution in [-0.4, -0.2) is 21.5 Å². The number of imidazole rings is 1. The van der Waals surface area contributed by atoms with Gasteiger partial charge in [0.05, 0.1) is 17.1 Å². The molecule has 18 heavy (non-hydrogen) atoms. The average Bonchev–Trinajstić information content (AvgIpc) is 2.68. The molecule has 1 aromatic carbocycles. The predicted octanol–water partition coefficient (Wildman–Crippen LogP) is 1.73. The summed E-state index contributed by atoms with van der Waals surface area (Å²) in [5.41, 5.74) is 7.46. The van der Waals surface area contributed by atoms with Crippen LogP contribution in [0.3, 0.4) is 0 Å². The minimum absolute atomic E-state index is 0.220. The topological polar surface area (TPSA) is 72.9 Å². The SMILES string of the molecule is CCCn1c(NC(=O)[C@H](C)N)nc2ccccc21. The Balaban J connectivity index is 2.42. The second kappa shape index (κ2) is 5.18. The van der Waals surface area contributed by atoms with Gasteiger partial charge < -0.3 is 10.3 Å². The lowest BCUT2D eigenvalue weighted by atomic mass is 10.3. The van der Waals surface area contributed by atoms with Gasteiger partial charge in [-0.25, -0.2) is 4.98 Å². The third-order valence-electron chi connectivity index (χ3n) is 2.75. The van der Waals surface area contributed by atoms with Crippen LogP contribution in [0.5, 0.6) is 0 Å². The lowest BCUT2D eigenvalue weighted by Crippen LogP contribution is -2.33. The van der Waals surface area contributed by atoms with Crippen molar-refractivity contribution in [2.75, 3.05) is 5.32 Å². The van der Waals surface area contributed by atoms with E-state index in [-0.39, 0.29) is 5.91 Å². The molecule has 5 heteroatoms. The molecule has 0 saturated heterocycles. The number of hydrogen-bond acceptors (Lipinski definition) is 3. The molecular weight excluding hydrogens is 228 g/mol. The number of nitrogens with two attached hydrogens (primary N) is 1. The van der Waals surface area contributed by atoms with Gasteiger partial charge in [0.2, 0.25) is 11.9 Å². The van der Waals surface area contributed by atoms with E-state index in [1.807, 2.05) is 28.8 Å². The van der Waals surface area contributed by atoms with Crippen molar-refractivity contribution in [3.63, 3.8) is 0 Å². The van der Waals surface area contributed by atoms with Crippen LogP contribution < -0.4 is 11.1 Å². The number of carbonyl (C=O) groups is 1. The number of aromatic nitrogens is 2. The van der Waals surface area contributed by atoms with Crippen molar-refractivity contribution in [3.8, 4) is 0 Å². The van der Waals surface area contributed by atoms with E-state index < -0.39 is 6.04 Å². The normalized spacial score (nSPS) is 12.6. The molecule has 0 aliphatic carbocycles. The number of nitrogens with zero attached hydrogens (tertiary/aromatic N) is 2. The smallest absolute Gasteiger partial charge is 0.243 e. The van der Waals surface area contributed by atoms with Crippen molar-refractivity contribution in [1.82, 2.24) is 9.55 Å². The molecule has 96 valence electrons. The van der Waals surface area contributed by atoms with Gasteiger partial charge in [0, 0.05) is 6.54 Å². The first-order valence-electron chi connectivity index (χ1n) is 6.15. The Morgan fingerprint density at radius 2 is 2.22 bits per heavy atom. The van der Waals surface area contributed by atoms with Crippen molar-refractivity contribution in [1.29, 1.82) is 0 Å². The van der Waals surface area contributed by atoms with E-state index in [4.69, 9.17) is 5.73 Å². The van der Waals surface area contributed by atoms with Gasteiger partial charge in [-0.2, -0.15) is 0 Å². The molecule has 1 aromatic heterocycles. The molecule has 0 aliphatic rings. The molecule has 0 spiro atoms. The highest BCUT2D eigenvalue weighted by Crippen LogP contribution is 2.19. The van der Waals surface area contributed by atoms with E-state index in [9.17, 15) is 4.79 Å². The highest BCUT2D eigenvalue weighted by atomic mass is 16.2. The van der Waals surface area contributed by atoms with Crippen LogP contribution in [0, 0.1) is 0 Å². The average molecular weight is 246 g/mol. The fourth-order valence-corrected chi connectivity index (χ4v) is 1.84. The first kappa shape index (κ1) is 12.6. The lowest BCUT2D eigenvalue weighted by Gasteiger charge is -2.10. The molecule has 2 aromatic rings. The highest BCUT2D eigenvalue weighted by Gasteiger charge is 2.14. The summed E-state index contributed by atoms with van der Waals surface area (Å²) in [5, 5.41) is 2.77. The van der Waals surface area contributed by atoms with Crippen molar-refractivity contribution in [3.05, 3.63) is 24.3 Å². The third-order valence-corrected chi connectivity index (χ3v) is 2.75. The fourth-order valence-electron chi connectivity index (χ4n) is 1.84. The molecule has 0 radical (unpaired) electrons. The predicted molar refractivity (Wildman–Crippen MR) is 72.3 cm³/mol. The zero-order chi connectivity index (χ0) is 13.1. The number of amides is 1. The van der Waals surface area contributed by atoms with E-state index >= 15 is 0 Å². The maximum Gasteiger partial charge on any atom is 0.243 e. The number of benzene rings is 1. The summed E-state index contributed by atoms with van der Waals surface area (Å²) in [4.78, 5) is 16.1. The number of anilines is 1. The van der Waals surface area contributed by atoms with Crippen LogP contribution in [0.25, 0.3) is 11.0 Å². The molecule has 1 atom stereocenters. The number of hydrogen-bond donors (Lipinski definition) is 2. The maximum atomic E-state index is 11.7. The van der Waals surface area contributed by atoms with E-state index in [2.05, 4.69) is 17.2 Å². The number of aryl methyl sites for hydroxylation is 1. The van der Waals surface area contributed by atoms with Crippen LogP contribution >= 0.6 is 0 Å². The van der Waals surface area contributed by atoms with Gasteiger partial charge in [-0.05, 0) is 25.5 Å². The Morgan fingerprint density at radius 1 is 1.50 bits per heavy atom. The first-order valence-corrected chi connectivity index (χ1v) is 6.15. The van der Waals surface area contributed by atoms with E-state index in [0.717, 1.165) is 24.0 Å². The summed E-state index contributed by atoms with van der Waals surface area (Å²) in [6.07, 6.45) is 0.974. The second-order valence-electron chi connectivity index (χ2n) is 4.35. The maximum absolute atomic E-state index is 11.7.